The standard InChI is InChI=1S/C31H26O8P2/c32-28(33)20-2-10-24(11-3-20)40(25-12-4-21(5-13-25)29(34)35)18-1-19-41(26-14-6-22(7-15-26)30(36)37)27-16-8-23(9-17-27)31(38)39/h2-17H,1,18-19H2,(H,32,33)(H,34,35)(H,36,37)(H,38,39). The summed E-state index contributed by atoms with van der Waals surface area (Å²) in [5.74, 6) is -4.05. The molecule has 0 aliphatic rings. The number of aromatic carboxylic acids is 4. The highest BCUT2D eigenvalue weighted by atomic mass is 31.1. The van der Waals surface area contributed by atoms with Crippen LogP contribution in [0, 0.1) is 0 Å². The van der Waals surface area contributed by atoms with E-state index in [4.69, 9.17) is 0 Å². The van der Waals surface area contributed by atoms with Crippen molar-refractivity contribution >= 4 is 60.9 Å². The Kier molecular flexibility index (Phi) is 9.61. The monoisotopic (exact) mass is 588 g/mol. The molecule has 10 heteroatoms. The average molecular weight is 588 g/mol. The predicted octanol–water partition coefficient (Wildman–Crippen LogP) is 4.44. The SMILES string of the molecule is O=C(O)c1ccc(P(CCCP(c2ccc(C(=O)O)cc2)c2ccc(C(=O)O)cc2)c2ccc(C(=O)O)cc2)cc1. The van der Waals surface area contributed by atoms with Gasteiger partial charge in [-0.2, -0.15) is 0 Å². The Balaban J connectivity index is 1.62. The van der Waals surface area contributed by atoms with Crippen molar-refractivity contribution in [2.75, 3.05) is 12.3 Å². The molecule has 0 heterocycles. The van der Waals surface area contributed by atoms with Crippen LogP contribution in [-0.2, 0) is 0 Å². The molecule has 0 atom stereocenters. The Morgan fingerprint density at radius 1 is 0.390 bits per heavy atom. The summed E-state index contributed by atoms with van der Waals surface area (Å²) in [6.07, 6.45) is 2.25. The summed E-state index contributed by atoms with van der Waals surface area (Å²) >= 11 is 0. The van der Waals surface area contributed by atoms with Crippen molar-refractivity contribution in [3.05, 3.63) is 119 Å². The highest BCUT2D eigenvalue weighted by molar-refractivity contribution is 7.74. The average Bonchev–Trinajstić information content (AvgIpc) is 2.97. The van der Waals surface area contributed by atoms with Crippen LogP contribution in [0.3, 0.4) is 0 Å². The second kappa shape index (κ2) is 13.3. The fourth-order valence-electron chi connectivity index (χ4n) is 4.34. The van der Waals surface area contributed by atoms with E-state index in [-0.39, 0.29) is 22.3 Å². The molecule has 0 spiro atoms. The van der Waals surface area contributed by atoms with E-state index in [1.54, 1.807) is 97.1 Å². The van der Waals surface area contributed by atoms with E-state index in [1.165, 1.54) is 0 Å². The van der Waals surface area contributed by atoms with E-state index in [1.807, 2.05) is 0 Å². The van der Waals surface area contributed by atoms with Crippen molar-refractivity contribution in [1.82, 2.24) is 0 Å². The molecule has 0 amide bonds. The summed E-state index contributed by atoms with van der Waals surface area (Å²) in [4.78, 5) is 45.5. The summed E-state index contributed by atoms with van der Waals surface area (Å²) < 4.78 is 0. The van der Waals surface area contributed by atoms with Crippen LogP contribution in [0.1, 0.15) is 47.9 Å². The maximum Gasteiger partial charge on any atom is 0.335 e. The van der Waals surface area contributed by atoms with Crippen molar-refractivity contribution in [3.8, 4) is 0 Å². The lowest BCUT2D eigenvalue weighted by Crippen LogP contribution is -2.18. The number of carboxylic acid groups (broad SMARTS) is 4. The number of hydrogen-bond acceptors (Lipinski definition) is 4. The second-order valence-electron chi connectivity index (χ2n) is 9.06. The van der Waals surface area contributed by atoms with Gasteiger partial charge in [0.1, 0.15) is 0 Å². The predicted molar refractivity (Wildman–Crippen MR) is 160 cm³/mol. The first-order valence-electron chi connectivity index (χ1n) is 12.5. The zero-order chi connectivity index (χ0) is 29.5. The summed E-state index contributed by atoms with van der Waals surface area (Å²) in [5, 5.41) is 41.1. The molecule has 4 aromatic carbocycles. The van der Waals surface area contributed by atoms with Crippen molar-refractivity contribution in [2.45, 2.75) is 6.42 Å². The van der Waals surface area contributed by atoms with Crippen molar-refractivity contribution in [2.24, 2.45) is 0 Å². The Hall–Kier alpha value is -4.38. The molecule has 0 aliphatic carbocycles. The number of benzene rings is 4. The van der Waals surface area contributed by atoms with E-state index in [9.17, 15) is 39.6 Å². The molecule has 0 radical (unpaired) electrons. The molecule has 0 fully saturated rings. The lowest BCUT2D eigenvalue weighted by molar-refractivity contribution is 0.0686. The minimum Gasteiger partial charge on any atom is -0.478 e. The lowest BCUT2D eigenvalue weighted by atomic mass is 10.2. The van der Waals surface area contributed by atoms with Crippen LogP contribution in [0.25, 0.3) is 0 Å². The Bertz CT molecular complexity index is 1310. The third-order valence-corrected chi connectivity index (χ3v) is 11.7. The number of hydrogen-bond donors (Lipinski definition) is 4. The summed E-state index contributed by atoms with van der Waals surface area (Å²) in [7, 11) is -1.88. The third kappa shape index (κ3) is 7.43. The fraction of sp³-hybridized carbons (Fsp3) is 0.0968. The lowest BCUT2D eigenvalue weighted by Gasteiger charge is -2.23. The molecule has 0 saturated carbocycles. The second-order valence-corrected chi connectivity index (χ2v) is 13.7. The fourth-order valence-corrected chi connectivity index (χ4v) is 9.20. The maximum absolute atomic E-state index is 11.4. The summed E-state index contributed by atoms with van der Waals surface area (Å²) in [5.41, 5.74) is 0.734. The van der Waals surface area contributed by atoms with Gasteiger partial charge >= 0.3 is 23.9 Å². The van der Waals surface area contributed by atoms with Gasteiger partial charge in [0, 0.05) is 0 Å². The van der Waals surface area contributed by atoms with E-state index >= 15 is 0 Å². The van der Waals surface area contributed by atoms with Gasteiger partial charge in [-0.05, 0) is 104 Å². The zero-order valence-electron chi connectivity index (χ0n) is 21.7. The minimum atomic E-state index is -1.01. The smallest absolute Gasteiger partial charge is 0.335 e. The summed E-state index contributed by atoms with van der Waals surface area (Å²) in [6, 6.07) is 27.0. The quantitative estimate of drug-likeness (QED) is 0.178. The molecular weight excluding hydrogens is 562 g/mol. The molecule has 0 bridgehead atoms. The van der Waals surface area contributed by atoms with Crippen LogP contribution in [-0.4, -0.2) is 56.6 Å². The highest BCUT2D eigenvalue weighted by Gasteiger charge is 2.19. The van der Waals surface area contributed by atoms with Crippen LogP contribution < -0.4 is 21.2 Å². The van der Waals surface area contributed by atoms with Crippen LogP contribution in [0.2, 0.25) is 0 Å². The molecule has 4 aromatic rings. The van der Waals surface area contributed by atoms with Gasteiger partial charge < -0.3 is 20.4 Å². The molecule has 0 aliphatic heterocycles. The first-order chi connectivity index (χ1) is 19.6. The zero-order valence-corrected chi connectivity index (χ0v) is 23.5. The molecule has 0 saturated heterocycles. The van der Waals surface area contributed by atoms with Crippen LogP contribution in [0.15, 0.2) is 97.1 Å². The topological polar surface area (TPSA) is 149 Å². The first kappa shape index (κ1) is 29.6. The van der Waals surface area contributed by atoms with E-state index < -0.39 is 39.7 Å². The van der Waals surface area contributed by atoms with Gasteiger partial charge in [-0.1, -0.05) is 48.5 Å². The summed E-state index contributed by atoms with van der Waals surface area (Å²) in [6.45, 7) is 0. The Labute approximate surface area is 238 Å². The minimum absolute atomic E-state index is 0.183. The third-order valence-electron chi connectivity index (χ3n) is 6.47. The van der Waals surface area contributed by atoms with Crippen molar-refractivity contribution < 1.29 is 39.6 Å². The van der Waals surface area contributed by atoms with Gasteiger partial charge in [0.15, 0.2) is 0 Å². The van der Waals surface area contributed by atoms with Gasteiger partial charge in [-0.3, -0.25) is 0 Å². The molecule has 0 aromatic heterocycles. The van der Waals surface area contributed by atoms with Crippen molar-refractivity contribution in [1.29, 1.82) is 0 Å². The van der Waals surface area contributed by atoms with Crippen molar-refractivity contribution in [3.63, 3.8) is 0 Å². The molecular formula is C31H26O8P2. The molecule has 4 N–H and O–H groups in total. The van der Waals surface area contributed by atoms with E-state index in [0.717, 1.165) is 40.0 Å². The first-order valence-corrected chi connectivity index (χ1v) is 15.6. The van der Waals surface area contributed by atoms with E-state index in [0.29, 0.717) is 0 Å². The van der Waals surface area contributed by atoms with Gasteiger partial charge in [-0.15, -0.1) is 0 Å². The van der Waals surface area contributed by atoms with Gasteiger partial charge in [0.25, 0.3) is 0 Å². The van der Waals surface area contributed by atoms with Crippen LogP contribution in [0.4, 0.5) is 0 Å². The number of carbonyl (C=O) groups is 4. The largest absolute Gasteiger partial charge is 0.478 e. The Morgan fingerprint density at radius 3 is 0.756 bits per heavy atom. The Morgan fingerprint density at radius 2 is 0.585 bits per heavy atom. The van der Waals surface area contributed by atoms with E-state index in [2.05, 4.69) is 0 Å². The number of carboxylic acids is 4. The number of rotatable bonds is 12. The van der Waals surface area contributed by atoms with Crippen LogP contribution in [0.5, 0.6) is 0 Å². The molecule has 41 heavy (non-hydrogen) atoms. The highest BCUT2D eigenvalue weighted by Crippen LogP contribution is 2.39. The molecule has 208 valence electrons. The molecule has 8 nitrogen and oxygen atoms in total. The van der Waals surface area contributed by atoms with Crippen LogP contribution >= 0.6 is 15.8 Å². The molecule has 4 rings (SSSR count). The van der Waals surface area contributed by atoms with Gasteiger partial charge in [0.05, 0.1) is 22.3 Å². The maximum atomic E-state index is 11.4. The van der Waals surface area contributed by atoms with Gasteiger partial charge in [-0.25, -0.2) is 19.2 Å². The molecule has 0 unspecified atom stereocenters. The van der Waals surface area contributed by atoms with Gasteiger partial charge in [0.2, 0.25) is 0 Å². The normalized spacial score (nSPS) is 11.0.